The SMILES string of the molecule is CN(C)C1CC(Oc2ccc(NC(=O)c3ccc(OCCCl)c([N+](=O)[O-])c3)cc2C(F)(F)F)C1. The van der Waals surface area contributed by atoms with E-state index in [9.17, 15) is 28.1 Å². The fourth-order valence-corrected chi connectivity index (χ4v) is 3.52. The molecule has 8 nitrogen and oxygen atoms in total. The van der Waals surface area contributed by atoms with Crippen LogP contribution in [-0.4, -0.2) is 54.5 Å². The van der Waals surface area contributed by atoms with Crippen molar-refractivity contribution in [2.75, 3.05) is 31.9 Å². The Kier molecular flexibility index (Phi) is 7.88. The number of benzene rings is 2. The molecule has 0 aromatic heterocycles. The van der Waals surface area contributed by atoms with Crippen LogP contribution in [0.4, 0.5) is 24.5 Å². The Morgan fingerprint density at radius 2 is 1.88 bits per heavy atom. The molecule has 3 rings (SSSR count). The van der Waals surface area contributed by atoms with Gasteiger partial charge in [-0.2, -0.15) is 13.2 Å². The van der Waals surface area contributed by atoms with Gasteiger partial charge in [0.2, 0.25) is 0 Å². The third-order valence-electron chi connectivity index (χ3n) is 5.39. The molecular weight excluding hydrogens is 479 g/mol. The molecule has 1 fully saturated rings. The molecule has 2 aromatic rings. The van der Waals surface area contributed by atoms with Crippen molar-refractivity contribution in [1.29, 1.82) is 0 Å². The number of nitrogens with zero attached hydrogens (tertiary/aromatic N) is 2. The van der Waals surface area contributed by atoms with Gasteiger partial charge in [-0.15, -0.1) is 11.6 Å². The van der Waals surface area contributed by atoms with Gasteiger partial charge in [-0.25, -0.2) is 0 Å². The second-order valence-electron chi connectivity index (χ2n) is 7.97. The molecule has 0 atom stereocenters. The molecule has 1 amide bonds. The van der Waals surface area contributed by atoms with E-state index in [0.29, 0.717) is 12.8 Å². The molecule has 0 radical (unpaired) electrons. The Bertz CT molecular complexity index is 1060. The van der Waals surface area contributed by atoms with Gasteiger partial charge >= 0.3 is 11.9 Å². The van der Waals surface area contributed by atoms with E-state index in [1.807, 2.05) is 19.0 Å². The monoisotopic (exact) mass is 501 g/mol. The van der Waals surface area contributed by atoms with E-state index in [-0.39, 0.29) is 47.4 Å². The van der Waals surface area contributed by atoms with Crippen LogP contribution in [0.25, 0.3) is 0 Å². The second kappa shape index (κ2) is 10.5. The number of anilines is 1. The number of nitro groups is 1. The maximum absolute atomic E-state index is 13.7. The Morgan fingerprint density at radius 3 is 2.47 bits per heavy atom. The van der Waals surface area contributed by atoms with E-state index in [1.165, 1.54) is 18.2 Å². The summed E-state index contributed by atoms with van der Waals surface area (Å²) in [5.41, 5.74) is -1.74. The van der Waals surface area contributed by atoms with Crippen molar-refractivity contribution < 1.29 is 32.4 Å². The maximum Gasteiger partial charge on any atom is 0.420 e. The van der Waals surface area contributed by atoms with Gasteiger partial charge in [-0.1, -0.05) is 0 Å². The number of carbonyl (C=O) groups excluding carboxylic acids is 1. The molecule has 1 aliphatic rings. The molecule has 0 unspecified atom stereocenters. The van der Waals surface area contributed by atoms with Crippen molar-refractivity contribution in [3.05, 3.63) is 57.6 Å². The summed E-state index contributed by atoms with van der Waals surface area (Å²) in [5.74, 6) is -1.10. The summed E-state index contributed by atoms with van der Waals surface area (Å²) in [6.45, 7) is 0.0270. The maximum atomic E-state index is 13.7. The fourth-order valence-electron chi connectivity index (χ4n) is 3.44. The van der Waals surface area contributed by atoms with Gasteiger partial charge in [0.15, 0.2) is 5.75 Å². The van der Waals surface area contributed by atoms with E-state index in [0.717, 1.165) is 18.2 Å². The zero-order valence-corrected chi connectivity index (χ0v) is 19.2. The molecule has 0 spiro atoms. The Labute approximate surface area is 198 Å². The van der Waals surface area contributed by atoms with Gasteiger partial charge in [0, 0.05) is 23.4 Å². The number of ether oxygens (including phenoxy) is 2. The lowest BCUT2D eigenvalue weighted by molar-refractivity contribution is -0.385. The molecular formula is C22H23ClF3N3O5. The quantitative estimate of drug-likeness (QED) is 0.297. The van der Waals surface area contributed by atoms with Gasteiger partial charge in [0.1, 0.15) is 18.5 Å². The van der Waals surface area contributed by atoms with Gasteiger partial charge in [0.25, 0.3) is 5.91 Å². The summed E-state index contributed by atoms with van der Waals surface area (Å²) in [4.78, 5) is 25.1. The average molecular weight is 502 g/mol. The topological polar surface area (TPSA) is 93.9 Å². The van der Waals surface area contributed by atoms with Crippen LogP contribution >= 0.6 is 11.6 Å². The summed E-state index contributed by atoms with van der Waals surface area (Å²) in [5, 5.41) is 13.6. The Morgan fingerprint density at radius 1 is 1.21 bits per heavy atom. The molecule has 0 heterocycles. The van der Waals surface area contributed by atoms with E-state index < -0.39 is 28.3 Å². The summed E-state index contributed by atoms with van der Waals surface area (Å²) in [7, 11) is 3.79. The molecule has 2 aromatic carbocycles. The van der Waals surface area contributed by atoms with Gasteiger partial charge < -0.3 is 19.7 Å². The van der Waals surface area contributed by atoms with Crippen LogP contribution in [-0.2, 0) is 6.18 Å². The number of hydrogen-bond acceptors (Lipinski definition) is 6. The normalized spacial score (nSPS) is 17.7. The highest BCUT2D eigenvalue weighted by Gasteiger charge is 2.38. The van der Waals surface area contributed by atoms with Crippen molar-refractivity contribution in [2.24, 2.45) is 0 Å². The second-order valence-corrected chi connectivity index (χ2v) is 8.35. The molecule has 1 aliphatic carbocycles. The van der Waals surface area contributed by atoms with Crippen LogP contribution in [0.3, 0.4) is 0 Å². The van der Waals surface area contributed by atoms with Crippen LogP contribution < -0.4 is 14.8 Å². The standard InChI is InChI=1S/C22H23ClF3N3O5/c1-28(2)15-11-16(12-15)34-19-6-4-14(10-17(19)22(24,25)26)27-21(30)13-3-5-20(33-8-7-23)18(9-13)29(31)32/h3-6,9-10,15-16H,7-8,11-12H2,1-2H3,(H,27,30). The average Bonchev–Trinajstić information content (AvgIpc) is 2.73. The zero-order chi connectivity index (χ0) is 25.0. The van der Waals surface area contributed by atoms with Crippen molar-refractivity contribution in [1.82, 2.24) is 4.90 Å². The predicted octanol–water partition coefficient (Wildman–Crippen LogP) is 4.95. The van der Waals surface area contributed by atoms with E-state index in [2.05, 4.69) is 5.32 Å². The molecule has 0 saturated heterocycles. The minimum absolute atomic E-state index is 0.0270. The first-order valence-electron chi connectivity index (χ1n) is 10.3. The van der Waals surface area contributed by atoms with Crippen LogP contribution in [0.5, 0.6) is 11.5 Å². The van der Waals surface area contributed by atoms with Crippen molar-refractivity contribution >= 4 is 28.9 Å². The fraction of sp³-hybridized carbons (Fsp3) is 0.409. The van der Waals surface area contributed by atoms with Crippen molar-refractivity contribution in [2.45, 2.75) is 31.2 Å². The lowest BCUT2D eigenvalue weighted by Gasteiger charge is -2.39. The number of nitro benzene ring substituents is 1. The van der Waals surface area contributed by atoms with E-state index in [1.54, 1.807) is 0 Å². The first-order chi connectivity index (χ1) is 16.0. The number of amides is 1. The number of hydrogen-bond donors (Lipinski definition) is 1. The Balaban J connectivity index is 1.78. The smallest absolute Gasteiger partial charge is 0.420 e. The highest BCUT2D eigenvalue weighted by Crippen LogP contribution is 2.40. The first-order valence-corrected chi connectivity index (χ1v) is 10.9. The highest BCUT2D eigenvalue weighted by atomic mass is 35.5. The molecule has 0 aliphatic heterocycles. The molecule has 184 valence electrons. The van der Waals surface area contributed by atoms with Gasteiger partial charge in [-0.05, 0) is 57.3 Å². The van der Waals surface area contributed by atoms with Crippen LogP contribution in [0.2, 0.25) is 0 Å². The molecule has 1 saturated carbocycles. The minimum Gasteiger partial charge on any atom is -0.490 e. The molecule has 0 bridgehead atoms. The Hall–Kier alpha value is -3.05. The van der Waals surface area contributed by atoms with E-state index in [4.69, 9.17) is 21.1 Å². The summed E-state index contributed by atoms with van der Waals surface area (Å²) >= 11 is 5.52. The van der Waals surface area contributed by atoms with Crippen molar-refractivity contribution in [3.8, 4) is 11.5 Å². The summed E-state index contributed by atoms with van der Waals surface area (Å²) in [6, 6.07) is 6.97. The van der Waals surface area contributed by atoms with Crippen LogP contribution in [0.15, 0.2) is 36.4 Å². The van der Waals surface area contributed by atoms with Crippen LogP contribution in [0.1, 0.15) is 28.8 Å². The molecule has 12 heteroatoms. The lowest BCUT2D eigenvalue weighted by atomic mass is 9.88. The van der Waals surface area contributed by atoms with Crippen LogP contribution in [0, 0.1) is 10.1 Å². The van der Waals surface area contributed by atoms with Gasteiger partial charge in [-0.3, -0.25) is 14.9 Å². The van der Waals surface area contributed by atoms with Crippen molar-refractivity contribution in [3.63, 3.8) is 0 Å². The number of halogens is 4. The number of carbonyl (C=O) groups is 1. The zero-order valence-electron chi connectivity index (χ0n) is 18.4. The first kappa shape index (κ1) is 25.6. The molecule has 1 N–H and O–H groups in total. The van der Waals surface area contributed by atoms with E-state index >= 15 is 0 Å². The number of nitrogens with one attached hydrogen (secondary N) is 1. The van der Waals surface area contributed by atoms with Gasteiger partial charge in [0.05, 0.1) is 16.4 Å². The predicted molar refractivity (Wildman–Crippen MR) is 120 cm³/mol. The minimum atomic E-state index is -4.71. The summed E-state index contributed by atoms with van der Waals surface area (Å²) in [6.07, 6.45) is -3.80. The number of rotatable bonds is 9. The summed E-state index contributed by atoms with van der Waals surface area (Å²) < 4.78 is 51.7. The number of alkyl halides is 4. The lowest BCUT2D eigenvalue weighted by Crippen LogP contribution is -2.46. The third-order valence-corrected chi connectivity index (χ3v) is 5.54. The highest BCUT2D eigenvalue weighted by molar-refractivity contribution is 6.18. The largest absolute Gasteiger partial charge is 0.490 e. The third kappa shape index (κ3) is 6.09. The molecule has 34 heavy (non-hydrogen) atoms.